The molecule has 0 spiro atoms. The van der Waals surface area contributed by atoms with Crippen molar-refractivity contribution in [2.75, 3.05) is 0 Å². The van der Waals surface area contributed by atoms with Crippen molar-refractivity contribution in [1.82, 2.24) is 0 Å². The molecule has 4 heteroatoms. The molecule has 1 atom stereocenters. The Kier molecular flexibility index (Phi) is 3.84. The number of aromatic hydroxyl groups is 1. The Morgan fingerprint density at radius 3 is 2.61 bits per heavy atom. The highest BCUT2D eigenvalue weighted by atomic mass is 35.5. The molecule has 0 heterocycles. The molecule has 2 aromatic rings. The monoisotopic (exact) mass is 266 g/mol. The molecule has 0 amide bonds. The van der Waals surface area contributed by atoms with Crippen molar-refractivity contribution >= 4 is 11.6 Å². The summed E-state index contributed by atoms with van der Waals surface area (Å²) in [5.74, 6) is -0.293. The Balaban J connectivity index is 2.19. The van der Waals surface area contributed by atoms with Crippen LogP contribution in [0.15, 0.2) is 42.5 Å². The highest BCUT2D eigenvalue weighted by Crippen LogP contribution is 2.27. The fourth-order valence-corrected chi connectivity index (χ4v) is 2.08. The van der Waals surface area contributed by atoms with Crippen LogP contribution in [0.5, 0.6) is 5.75 Å². The fourth-order valence-electron chi connectivity index (χ4n) is 1.79. The van der Waals surface area contributed by atoms with Crippen molar-refractivity contribution in [2.24, 2.45) is 0 Å². The second-order valence-electron chi connectivity index (χ2n) is 4.06. The van der Waals surface area contributed by atoms with Crippen LogP contribution >= 0.6 is 11.6 Å². The fraction of sp³-hybridized carbons (Fsp3) is 0.143. The lowest BCUT2D eigenvalue weighted by Gasteiger charge is -2.13. The third-order valence-electron chi connectivity index (χ3n) is 2.66. The van der Waals surface area contributed by atoms with Gasteiger partial charge in [-0.2, -0.15) is 0 Å². The SMILES string of the molecule is Oc1cccc(CC(O)c2ccc(F)cc2Cl)c1. The molecule has 0 saturated heterocycles. The van der Waals surface area contributed by atoms with Crippen molar-refractivity contribution < 1.29 is 14.6 Å². The van der Waals surface area contributed by atoms with E-state index in [0.717, 1.165) is 5.56 Å². The maximum absolute atomic E-state index is 12.9. The van der Waals surface area contributed by atoms with E-state index in [-0.39, 0.29) is 10.8 Å². The number of hydrogen-bond acceptors (Lipinski definition) is 2. The first-order chi connectivity index (χ1) is 8.56. The van der Waals surface area contributed by atoms with Crippen LogP contribution in [0, 0.1) is 5.82 Å². The highest BCUT2D eigenvalue weighted by Gasteiger charge is 2.13. The van der Waals surface area contributed by atoms with E-state index in [1.165, 1.54) is 18.2 Å². The molecule has 0 saturated carbocycles. The maximum atomic E-state index is 12.9. The predicted molar refractivity (Wildman–Crippen MR) is 68.2 cm³/mol. The average Bonchev–Trinajstić information content (AvgIpc) is 2.28. The third-order valence-corrected chi connectivity index (χ3v) is 2.99. The molecule has 1 unspecified atom stereocenters. The standard InChI is InChI=1S/C14H12ClFO2/c15-13-8-10(16)4-5-12(13)14(18)7-9-2-1-3-11(17)6-9/h1-6,8,14,17-18H,7H2. The van der Waals surface area contributed by atoms with Gasteiger partial charge in [-0.25, -0.2) is 4.39 Å². The van der Waals surface area contributed by atoms with Gasteiger partial charge in [0.1, 0.15) is 11.6 Å². The van der Waals surface area contributed by atoms with Crippen LogP contribution in [-0.4, -0.2) is 10.2 Å². The second-order valence-corrected chi connectivity index (χ2v) is 4.46. The summed E-state index contributed by atoms with van der Waals surface area (Å²) < 4.78 is 12.9. The van der Waals surface area contributed by atoms with E-state index in [4.69, 9.17) is 11.6 Å². The largest absolute Gasteiger partial charge is 0.508 e. The van der Waals surface area contributed by atoms with Gasteiger partial charge in [-0.15, -0.1) is 0 Å². The first-order valence-corrected chi connectivity index (χ1v) is 5.85. The predicted octanol–water partition coefficient (Wildman–Crippen LogP) is 3.46. The topological polar surface area (TPSA) is 40.5 Å². The molecule has 0 radical (unpaired) electrons. The summed E-state index contributed by atoms with van der Waals surface area (Å²) in [4.78, 5) is 0. The molecule has 94 valence electrons. The first kappa shape index (κ1) is 12.9. The zero-order valence-corrected chi connectivity index (χ0v) is 10.2. The Bertz CT molecular complexity index is 557. The number of rotatable bonds is 3. The van der Waals surface area contributed by atoms with Gasteiger partial charge in [-0.05, 0) is 35.4 Å². The van der Waals surface area contributed by atoms with Gasteiger partial charge in [0.2, 0.25) is 0 Å². The molecule has 0 bridgehead atoms. The van der Waals surface area contributed by atoms with Gasteiger partial charge in [0, 0.05) is 11.4 Å². The summed E-state index contributed by atoms with van der Waals surface area (Å²) in [6.45, 7) is 0. The number of aliphatic hydroxyl groups is 1. The lowest BCUT2D eigenvalue weighted by atomic mass is 10.0. The minimum absolute atomic E-state index is 0.143. The van der Waals surface area contributed by atoms with Gasteiger partial charge in [-0.1, -0.05) is 29.8 Å². The molecule has 18 heavy (non-hydrogen) atoms. The maximum Gasteiger partial charge on any atom is 0.124 e. The van der Waals surface area contributed by atoms with Crippen molar-refractivity contribution in [2.45, 2.75) is 12.5 Å². The van der Waals surface area contributed by atoms with Gasteiger partial charge >= 0.3 is 0 Å². The summed E-state index contributed by atoms with van der Waals surface area (Å²) in [7, 11) is 0. The van der Waals surface area contributed by atoms with Crippen LogP contribution in [0.4, 0.5) is 4.39 Å². The summed E-state index contributed by atoms with van der Waals surface area (Å²) in [6.07, 6.45) is -0.528. The van der Waals surface area contributed by atoms with E-state index in [1.807, 2.05) is 0 Å². The Hall–Kier alpha value is -1.58. The smallest absolute Gasteiger partial charge is 0.124 e. The zero-order valence-electron chi connectivity index (χ0n) is 9.48. The number of halogens is 2. The molecule has 2 nitrogen and oxygen atoms in total. The highest BCUT2D eigenvalue weighted by molar-refractivity contribution is 6.31. The summed E-state index contributed by atoms with van der Waals surface area (Å²) in [5.41, 5.74) is 1.25. The van der Waals surface area contributed by atoms with Gasteiger partial charge in [0.05, 0.1) is 6.10 Å². The average molecular weight is 267 g/mol. The summed E-state index contributed by atoms with van der Waals surface area (Å²) >= 11 is 5.87. The lowest BCUT2D eigenvalue weighted by Crippen LogP contribution is -2.02. The molecule has 0 aromatic heterocycles. The van der Waals surface area contributed by atoms with Gasteiger partial charge < -0.3 is 10.2 Å². The number of benzene rings is 2. The van der Waals surface area contributed by atoms with Crippen LogP contribution < -0.4 is 0 Å². The van der Waals surface area contributed by atoms with E-state index in [2.05, 4.69) is 0 Å². The Morgan fingerprint density at radius 2 is 1.94 bits per heavy atom. The summed E-state index contributed by atoms with van der Waals surface area (Å²) in [5, 5.41) is 19.6. The molecule has 2 N–H and O–H groups in total. The summed E-state index contributed by atoms with van der Waals surface area (Å²) in [6, 6.07) is 10.5. The normalized spacial score (nSPS) is 12.4. The van der Waals surface area contributed by atoms with Crippen LogP contribution in [0.3, 0.4) is 0 Å². The van der Waals surface area contributed by atoms with Crippen LogP contribution in [0.1, 0.15) is 17.2 Å². The molecule has 0 aliphatic carbocycles. The van der Waals surface area contributed by atoms with Crippen LogP contribution in [0.25, 0.3) is 0 Å². The van der Waals surface area contributed by atoms with Crippen LogP contribution in [-0.2, 0) is 6.42 Å². The van der Waals surface area contributed by atoms with E-state index >= 15 is 0 Å². The van der Waals surface area contributed by atoms with Crippen molar-refractivity contribution in [1.29, 1.82) is 0 Å². The number of aliphatic hydroxyl groups excluding tert-OH is 1. The van der Waals surface area contributed by atoms with Crippen molar-refractivity contribution in [3.8, 4) is 5.75 Å². The Morgan fingerprint density at radius 1 is 1.17 bits per heavy atom. The quantitative estimate of drug-likeness (QED) is 0.893. The second kappa shape index (κ2) is 5.38. The molecule has 2 rings (SSSR count). The molecular weight excluding hydrogens is 255 g/mol. The number of phenolic OH excluding ortho intramolecular Hbond substituents is 1. The number of phenols is 1. The third kappa shape index (κ3) is 3.00. The van der Waals surface area contributed by atoms with Gasteiger partial charge in [0.25, 0.3) is 0 Å². The van der Waals surface area contributed by atoms with E-state index in [1.54, 1.807) is 24.3 Å². The molecule has 2 aromatic carbocycles. The van der Waals surface area contributed by atoms with Crippen molar-refractivity contribution in [3.63, 3.8) is 0 Å². The Labute approximate surface area is 109 Å². The molecular formula is C14H12ClFO2. The number of hydrogen-bond donors (Lipinski definition) is 2. The van der Waals surface area contributed by atoms with E-state index < -0.39 is 11.9 Å². The van der Waals surface area contributed by atoms with Crippen LogP contribution in [0.2, 0.25) is 5.02 Å². The van der Waals surface area contributed by atoms with Gasteiger partial charge in [-0.3, -0.25) is 0 Å². The van der Waals surface area contributed by atoms with E-state index in [0.29, 0.717) is 12.0 Å². The minimum Gasteiger partial charge on any atom is -0.508 e. The zero-order chi connectivity index (χ0) is 13.1. The van der Waals surface area contributed by atoms with E-state index in [9.17, 15) is 14.6 Å². The first-order valence-electron chi connectivity index (χ1n) is 5.47. The minimum atomic E-state index is -0.833. The molecule has 0 aliphatic rings. The lowest BCUT2D eigenvalue weighted by molar-refractivity contribution is 0.178. The molecule has 0 aliphatic heterocycles. The van der Waals surface area contributed by atoms with Gasteiger partial charge in [0.15, 0.2) is 0 Å². The molecule has 0 fully saturated rings. The van der Waals surface area contributed by atoms with Crippen molar-refractivity contribution in [3.05, 3.63) is 64.4 Å².